The van der Waals surface area contributed by atoms with Crippen molar-refractivity contribution in [1.29, 1.82) is 0 Å². The number of amides is 1. The van der Waals surface area contributed by atoms with Gasteiger partial charge in [-0.3, -0.25) is 4.79 Å². The minimum absolute atomic E-state index is 0.145. The van der Waals surface area contributed by atoms with Crippen molar-refractivity contribution in [3.05, 3.63) is 46.0 Å². The Morgan fingerprint density at radius 1 is 1.42 bits per heavy atom. The lowest BCUT2D eigenvalue weighted by atomic mass is 9.81. The molecule has 0 aliphatic heterocycles. The Morgan fingerprint density at radius 2 is 2.11 bits per heavy atom. The highest BCUT2D eigenvalue weighted by Gasteiger charge is 2.22. The van der Waals surface area contributed by atoms with Crippen molar-refractivity contribution in [1.82, 2.24) is 5.32 Å². The Bertz CT molecular complexity index is 546. The summed E-state index contributed by atoms with van der Waals surface area (Å²) in [5.74, 6) is -0.722. The third-order valence-electron chi connectivity index (χ3n) is 3.17. The van der Waals surface area contributed by atoms with Crippen LogP contribution in [0.5, 0.6) is 0 Å². The summed E-state index contributed by atoms with van der Waals surface area (Å²) in [4.78, 5) is 22.8. The normalized spacial score (nSPS) is 14.9. The van der Waals surface area contributed by atoms with Gasteiger partial charge in [0.05, 0.1) is 5.56 Å². The molecule has 1 saturated carbocycles. The fourth-order valence-electron chi connectivity index (χ4n) is 2.07. The van der Waals surface area contributed by atoms with Crippen LogP contribution in [0.15, 0.2) is 34.8 Å². The largest absolute Gasteiger partial charge is 0.478 e. The first-order valence-electron chi connectivity index (χ1n) is 5.95. The van der Waals surface area contributed by atoms with Crippen molar-refractivity contribution in [2.75, 3.05) is 6.54 Å². The maximum atomic E-state index is 11.9. The summed E-state index contributed by atoms with van der Waals surface area (Å²) in [6.45, 7) is 4.49. The zero-order chi connectivity index (χ0) is 14.0. The molecule has 0 spiro atoms. The van der Waals surface area contributed by atoms with Gasteiger partial charge in [0.2, 0.25) is 0 Å². The summed E-state index contributed by atoms with van der Waals surface area (Å²) < 4.78 is 0.407. The summed E-state index contributed by atoms with van der Waals surface area (Å²) in [5, 5.41) is 11.7. The van der Waals surface area contributed by atoms with Gasteiger partial charge >= 0.3 is 5.97 Å². The minimum atomic E-state index is -1.02. The van der Waals surface area contributed by atoms with E-state index in [1.54, 1.807) is 0 Å². The van der Waals surface area contributed by atoms with Crippen LogP contribution in [0.25, 0.3) is 0 Å². The second-order valence-corrected chi connectivity index (χ2v) is 5.59. The van der Waals surface area contributed by atoms with Crippen LogP contribution in [0, 0.1) is 5.92 Å². The lowest BCUT2D eigenvalue weighted by Crippen LogP contribution is -2.32. The molecule has 0 atom stereocenters. The van der Waals surface area contributed by atoms with E-state index in [1.165, 1.54) is 23.8 Å². The number of hydrogen-bond acceptors (Lipinski definition) is 2. The number of rotatable bonds is 4. The quantitative estimate of drug-likeness (QED) is 0.837. The molecular formula is C14H14BrNO3. The van der Waals surface area contributed by atoms with Gasteiger partial charge in [-0.1, -0.05) is 12.2 Å². The van der Waals surface area contributed by atoms with Crippen molar-refractivity contribution >= 4 is 27.8 Å². The zero-order valence-electron chi connectivity index (χ0n) is 10.3. The predicted molar refractivity (Wildman–Crippen MR) is 75.3 cm³/mol. The number of nitrogens with one attached hydrogen (secondary N) is 1. The molecule has 1 aromatic carbocycles. The first-order valence-corrected chi connectivity index (χ1v) is 6.74. The molecule has 2 N–H and O–H groups in total. The molecule has 0 unspecified atom stereocenters. The number of hydrogen-bond donors (Lipinski definition) is 2. The molecule has 0 heterocycles. The summed E-state index contributed by atoms with van der Waals surface area (Å²) in [5.41, 5.74) is 1.83. The van der Waals surface area contributed by atoms with E-state index in [0.717, 1.165) is 12.8 Å². The second kappa shape index (κ2) is 5.57. The van der Waals surface area contributed by atoms with Gasteiger partial charge in [-0.2, -0.15) is 0 Å². The lowest BCUT2D eigenvalue weighted by Gasteiger charge is -2.28. The molecule has 19 heavy (non-hydrogen) atoms. The predicted octanol–water partition coefficient (Wildman–Crippen LogP) is 2.84. The highest BCUT2D eigenvalue weighted by molar-refractivity contribution is 9.10. The molecule has 1 amide bonds. The lowest BCUT2D eigenvalue weighted by molar-refractivity contribution is 0.0695. The van der Waals surface area contributed by atoms with Crippen LogP contribution >= 0.6 is 15.9 Å². The Hall–Kier alpha value is -1.62. The first kappa shape index (κ1) is 13.8. The van der Waals surface area contributed by atoms with Gasteiger partial charge in [0, 0.05) is 16.6 Å². The number of carboxylic acid groups (broad SMARTS) is 1. The average Bonchev–Trinajstić information content (AvgIpc) is 2.32. The Labute approximate surface area is 119 Å². The van der Waals surface area contributed by atoms with Gasteiger partial charge in [-0.05, 0) is 52.9 Å². The third-order valence-corrected chi connectivity index (χ3v) is 3.82. The van der Waals surface area contributed by atoms with E-state index in [2.05, 4.69) is 27.8 Å². The number of allylic oxidation sites excluding steroid dienone is 1. The maximum Gasteiger partial charge on any atom is 0.336 e. The van der Waals surface area contributed by atoms with Crippen molar-refractivity contribution in [3.8, 4) is 0 Å². The van der Waals surface area contributed by atoms with E-state index >= 15 is 0 Å². The van der Waals surface area contributed by atoms with Crippen LogP contribution in [0.2, 0.25) is 0 Å². The Kier molecular flexibility index (Phi) is 4.04. The average molecular weight is 324 g/mol. The summed E-state index contributed by atoms with van der Waals surface area (Å²) >= 11 is 3.16. The van der Waals surface area contributed by atoms with Gasteiger partial charge in [0.25, 0.3) is 5.91 Å². The summed E-state index contributed by atoms with van der Waals surface area (Å²) in [7, 11) is 0. The number of halogens is 1. The molecule has 2 rings (SSSR count). The van der Waals surface area contributed by atoms with Crippen molar-refractivity contribution in [2.24, 2.45) is 5.92 Å². The molecule has 1 aromatic rings. The highest BCUT2D eigenvalue weighted by atomic mass is 79.9. The monoisotopic (exact) mass is 323 g/mol. The Morgan fingerprint density at radius 3 is 2.63 bits per heavy atom. The van der Waals surface area contributed by atoms with E-state index in [0.29, 0.717) is 22.5 Å². The van der Waals surface area contributed by atoms with E-state index in [1.807, 2.05) is 0 Å². The molecule has 1 aliphatic rings. The molecule has 0 bridgehead atoms. The third kappa shape index (κ3) is 3.23. The number of benzene rings is 1. The Balaban J connectivity index is 1.97. The molecule has 1 aliphatic carbocycles. The molecule has 4 nitrogen and oxygen atoms in total. The fraction of sp³-hybridized carbons (Fsp3) is 0.286. The zero-order valence-corrected chi connectivity index (χ0v) is 11.9. The van der Waals surface area contributed by atoms with Gasteiger partial charge in [0.15, 0.2) is 0 Å². The molecule has 1 fully saturated rings. The van der Waals surface area contributed by atoms with Crippen LogP contribution in [-0.2, 0) is 0 Å². The van der Waals surface area contributed by atoms with Crippen molar-refractivity contribution < 1.29 is 14.7 Å². The van der Waals surface area contributed by atoms with Crippen molar-refractivity contribution in [3.63, 3.8) is 0 Å². The highest BCUT2D eigenvalue weighted by Crippen LogP contribution is 2.30. The molecule has 0 saturated heterocycles. The van der Waals surface area contributed by atoms with Crippen LogP contribution in [0.1, 0.15) is 33.6 Å². The van der Waals surface area contributed by atoms with Crippen LogP contribution in [0.4, 0.5) is 0 Å². The number of aromatic carboxylic acids is 1. The molecular weight excluding hydrogens is 310 g/mol. The standard InChI is InChI=1S/C14H14BrNO3/c1-8-4-9(5-8)7-16-13(17)10-2-3-11(14(18)19)12(15)6-10/h2-3,6,9H,1,4-5,7H2,(H,16,17)(H,18,19). The maximum absolute atomic E-state index is 11.9. The molecule has 100 valence electrons. The smallest absolute Gasteiger partial charge is 0.336 e. The van der Waals surface area contributed by atoms with E-state index in [4.69, 9.17) is 5.11 Å². The van der Waals surface area contributed by atoms with Crippen LogP contribution < -0.4 is 5.32 Å². The molecule has 0 radical (unpaired) electrons. The first-order chi connectivity index (χ1) is 8.97. The second-order valence-electron chi connectivity index (χ2n) is 4.73. The van der Waals surface area contributed by atoms with Gasteiger partial charge < -0.3 is 10.4 Å². The number of carboxylic acids is 1. The van der Waals surface area contributed by atoms with Gasteiger partial charge in [-0.15, -0.1) is 0 Å². The van der Waals surface area contributed by atoms with Crippen LogP contribution in [-0.4, -0.2) is 23.5 Å². The topological polar surface area (TPSA) is 66.4 Å². The van der Waals surface area contributed by atoms with Gasteiger partial charge in [-0.25, -0.2) is 4.79 Å². The van der Waals surface area contributed by atoms with E-state index in [9.17, 15) is 9.59 Å². The summed E-state index contributed by atoms with van der Waals surface area (Å²) in [6, 6.07) is 4.47. The van der Waals surface area contributed by atoms with E-state index < -0.39 is 5.97 Å². The van der Waals surface area contributed by atoms with Crippen LogP contribution in [0.3, 0.4) is 0 Å². The molecule has 5 heteroatoms. The van der Waals surface area contributed by atoms with E-state index in [-0.39, 0.29) is 11.5 Å². The number of carbonyl (C=O) groups excluding carboxylic acids is 1. The summed E-state index contributed by atoms with van der Waals surface area (Å²) in [6.07, 6.45) is 1.95. The van der Waals surface area contributed by atoms with Gasteiger partial charge in [0.1, 0.15) is 0 Å². The molecule has 0 aromatic heterocycles. The fourth-order valence-corrected chi connectivity index (χ4v) is 2.62. The minimum Gasteiger partial charge on any atom is -0.478 e. The van der Waals surface area contributed by atoms with Crippen molar-refractivity contribution in [2.45, 2.75) is 12.8 Å². The SMILES string of the molecule is C=C1CC(CNC(=O)c2ccc(C(=O)O)c(Br)c2)C1. The number of carbonyl (C=O) groups is 2.